The molecule has 1 aromatic carbocycles. The van der Waals surface area contributed by atoms with Gasteiger partial charge >= 0.3 is 5.97 Å². The number of rotatable bonds is 2. The fourth-order valence-corrected chi connectivity index (χ4v) is 5.21. The molecule has 6 N–H and O–H groups in total. The van der Waals surface area contributed by atoms with E-state index in [4.69, 9.17) is 5.73 Å². The van der Waals surface area contributed by atoms with E-state index in [0.29, 0.717) is 12.5 Å². The Balaban J connectivity index is 0.000000376. The highest BCUT2D eigenvalue weighted by atomic mass is 79.9. The number of likely N-dealkylation sites (N-methyl/N-ethyl adjacent to an activating group) is 1. The van der Waals surface area contributed by atoms with Crippen LogP contribution in [0.25, 0.3) is 5.57 Å². The summed E-state index contributed by atoms with van der Waals surface area (Å²) in [6.45, 7) is 0.521. The molecule has 27 heavy (non-hydrogen) atoms. The van der Waals surface area contributed by atoms with E-state index >= 15 is 0 Å². The fraction of sp³-hybridized carbons (Fsp3) is 0.444. The highest BCUT2D eigenvalue weighted by Gasteiger charge is 2.44. The van der Waals surface area contributed by atoms with Gasteiger partial charge in [0.1, 0.15) is 0 Å². The molecule has 0 aromatic heterocycles. The first-order valence-corrected chi connectivity index (χ1v) is 10.3. The summed E-state index contributed by atoms with van der Waals surface area (Å²) in [6.07, 6.45) is 2.98. The number of anilines is 1. The van der Waals surface area contributed by atoms with Gasteiger partial charge in [-0.25, -0.2) is 0 Å². The molecule has 0 saturated carbocycles. The lowest BCUT2D eigenvalue weighted by Crippen LogP contribution is -2.45. The maximum absolute atomic E-state index is 11.4. The summed E-state index contributed by atoms with van der Waals surface area (Å²) in [5, 5.41) is 12.9. The van der Waals surface area contributed by atoms with Crippen LogP contribution < -0.4 is 16.8 Å². The van der Waals surface area contributed by atoms with Gasteiger partial charge < -0.3 is 21.9 Å². The summed E-state index contributed by atoms with van der Waals surface area (Å²) in [6, 6.07) is 4.53. The number of nitrogens with zero attached hydrogens (tertiary/aromatic N) is 1. The highest BCUT2D eigenvalue weighted by molar-refractivity contribution is 9.10. The van der Waals surface area contributed by atoms with Crippen LogP contribution in [0.3, 0.4) is 0 Å². The normalized spacial score (nSPS) is 28.1. The fourth-order valence-electron chi connectivity index (χ4n) is 4.03. The first-order valence-electron chi connectivity index (χ1n) is 8.60. The van der Waals surface area contributed by atoms with Crippen molar-refractivity contribution >= 4 is 55.0 Å². The molecule has 2 aliphatic heterocycles. The minimum Gasteiger partial charge on any atom is -0.481 e. The van der Waals surface area contributed by atoms with Crippen LogP contribution in [0.1, 0.15) is 23.5 Å². The second-order valence-corrected chi connectivity index (χ2v) is 8.90. The number of halogens is 2. The molecule has 0 radical (unpaired) electrons. The molecule has 7 nitrogen and oxygen atoms in total. The van der Waals surface area contributed by atoms with E-state index in [9.17, 15) is 14.7 Å². The number of hydrogen-bond donors (Lipinski definition) is 4. The van der Waals surface area contributed by atoms with Gasteiger partial charge in [-0.2, -0.15) is 0 Å². The van der Waals surface area contributed by atoms with Crippen molar-refractivity contribution in [2.75, 3.05) is 25.5 Å². The van der Waals surface area contributed by atoms with Gasteiger partial charge in [0.15, 0.2) is 0 Å². The van der Waals surface area contributed by atoms with Crippen LogP contribution >= 0.6 is 31.9 Å². The molecule has 2 heterocycles. The van der Waals surface area contributed by atoms with Gasteiger partial charge in [0, 0.05) is 28.7 Å². The summed E-state index contributed by atoms with van der Waals surface area (Å²) >= 11 is 7.34. The maximum atomic E-state index is 11.4. The standard InChI is InChI=1S/C16H16Br2N2O2.C2H6N2O/c1-20-6-7(16(21)22)2-9-10-3-8(17)4-12-14(10)11(5-13(9)20)15(18)19-12;3-1-2(4)5/h2-4,7,11,13,15,19H,5-6H2,1H3,(H,21,22);1,3H2,(H2,4,5)/t7-,11?,13-,15?;/m1./s1. The van der Waals surface area contributed by atoms with Crippen molar-refractivity contribution in [3.05, 3.63) is 33.8 Å². The number of hydrogen-bond acceptors (Lipinski definition) is 5. The third-order valence-electron chi connectivity index (χ3n) is 5.23. The summed E-state index contributed by atoms with van der Waals surface area (Å²) in [4.78, 5) is 23.3. The lowest BCUT2D eigenvalue weighted by Gasteiger charge is -2.42. The molecule has 4 rings (SSSR count). The van der Waals surface area contributed by atoms with E-state index in [0.717, 1.165) is 16.6 Å². The van der Waals surface area contributed by atoms with E-state index in [1.165, 1.54) is 16.7 Å². The minimum atomic E-state index is -0.747. The van der Waals surface area contributed by atoms with Crippen molar-refractivity contribution in [2.24, 2.45) is 17.4 Å². The Kier molecular flexibility index (Phi) is 5.95. The van der Waals surface area contributed by atoms with Crippen molar-refractivity contribution in [3.63, 3.8) is 0 Å². The number of amides is 1. The van der Waals surface area contributed by atoms with Crippen molar-refractivity contribution in [1.82, 2.24) is 4.90 Å². The quantitative estimate of drug-likeness (QED) is 0.362. The van der Waals surface area contributed by atoms with Crippen LogP contribution in [0.15, 0.2) is 22.7 Å². The van der Waals surface area contributed by atoms with Gasteiger partial charge in [-0.1, -0.05) is 37.9 Å². The Morgan fingerprint density at radius 2 is 2.07 bits per heavy atom. The average molecular weight is 502 g/mol. The lowest BCUT2D eigenvalue weighted by molar-refractivity contribution is -0.140. The SMILES string of the molecule is CN1C[C@H](C(=O)O)C=C2c3cc(Br)cc4c3C(C[C@H]21)C(Br)N4.NCC(N)=O. The number of nitrogens with one attached hydrogen (secondary N) is 1. The first kappa shape index (κ1) is 20.3. The molecule has 1 aliphatic carbocycles. The van der Waals surface area contributed by atoms with Crippen LogP contribution in [0, 0.1) is 5.92 Å². The van der Waals surface area contributed by atoms with Crippen molar-refractivity contribution < 1.29 is 14.7 Å². The number of carboxylic acid groups (broad SMARTS) is 1. The van der Waals surface area contributed by atoms with E-state index in [1.54, 1.807) is 0 Å². The Morgan fingerprint density at radius 3 is 2.67 bits per heavy atom. The smallest absolute Gasteiger partial charge is 0.311 e. The molecule has 146 valence electrons. The summed E-state index contributed by atoms with van der Waals surface area (Å²) < 4.78 is 1.02. The van der Waals surface area contributed by atoms with Crippen molar-refractivity contribution in [1.29, 1.82) is 0 Å². The zero-order valence-corrected chi connectivity index (χ0v) is 18.0. The predicted molar refractivity (Wildman–Crippen MR) is 112 cm³/mol. The number of alkyl halides is 1. The van der Waals surface area contributed by atoms with Crippen LogP contribution in [-0.4, -0.2) is 53.0 Å². The maximum Gasteiger partial charge on any atom is 0.311 e. The van der Waals surface area contributed by atoms with E-state index in [-0.39, 0.29) is 17.5 Å². The summed E-state index contributed by atoms with van der Waals surface area (Å²) in [5.74, 6) is -1.23. The molecule has 0 fully saturated rings. The van der Waals surface area contributed by atoms with Gasteiger partial charge in [-0.05, 0) is 42.3 Å². The molecule has 0 spiro atoms. The van der Waals surface area contributed by atoms with Crippen LogP contribution in [0.5, 0.6) is 0 Å². The van der Waals surface area contributed by atoms with Gasteiger partial charge in [0.25, 0.3) is 0 Å². The van der Waals surface area contributed by atoms with Crippen LogP contribution in [0.2, 0.25) is 0 Å². The molecule has 9 heteroatoms. The molecule has 0 saturated heterocycles. The van der Waals surface area contributed by atoms with Crippen LogP contribution in [0.4, 0.5) is 5.69 Å². The van der Waals surface area contributed by atoms with Gasteiger partial charge in [-0.3, -0.25) is 14.5 Å². The number of primary amides is 1. The Morgan fingerprint density at radius 1 is 1.41 bits per heavy atom. The number of aliphatic carboxylic acids is 1. The molecular formula is C18H22Br2N4O3. The van der Waals surface area contributed by atoms with Gasteiger partial charge in [-0.15, -0.1) is 0 Å². The molecule has 4 atom stereocenters. The summed E-state index contributed by atoms with van der Waals surface area (Å²) in [5.41, 5.74) is 14.1. The molecule has 2 unspecified atom stereocenters. The minimum absolute atomic E-state index is 0.0556. The van der Waals surface area contributed by atoms with Crippen LogP contribution in [-0.2, 0) is 9.59 Å². The Hall–Kier alpha value is -1.42. The van der Waals surface area contributed by atoms with Gasteiger partial charge in [0.2, 0.25) is 5.91 Å². The Labute approximate surface area is 174 Å². The molecule has 1 aromatic rings. The van der Waals surface area contributed by atoms with Crippen molar-refractivity contribution in [2.45, 2.75) is 23.3 Å². The number of carbonyl (C=O) groups excluding carboxylic acids is 1. The molecule has 0 bridgehead atoms. The number of fused-ring (bicyclic) bond motifs is 2. The number of benzene rings is 1. The second-order valence-electron chi connectivity index (χ2n) is 7.00. The summed E-state index contributed by atoms with van der Waals surface area (Å²) in [7, 11) is 2.03. The van der Waals surface area contributed by atoms with E-state index in [1.807, 2.05) is 13.1 Å². The largest absolute Gasteiger partial charge is 0.481 e. The van der Waals surface area contributed by atoms with Crippen molar-refractivity contribution in [3.8, 4) is 0 Å². The van der Waals surface area contributed by atoms with E-state index < -0.39 is 17.8 Å². The average Bonchev–Trinajstić information content (AvgIpc) is 2.91. The number of carbonyl (C=O) groups is 2. The monoisotopic (exact) mass is 500 g/mol. The third-order valence-corrected chi connectivity index (χ3v) is 6.55. The van der Waals surface area contributed by atoms with Gasteiger partial charge in [0.05, 0.1) is 17.4 Å². The number of nitrogens with two attached hydrogens (primary N) is 2. The lowest BCUT2D eigenvalue weighted by atomic mass is 9.74. The topological polar surface area (TPSA) is 122 Å². The number of carboxylic acids is 1. The predicted octanol–water partition coefficient (Wildman–Crippen LogP) is 1.91. The van der Waals surface area contributed by atoms with E-state index in [2.05, 4.69) is 59.9 Å². The molecule has 1 amide bonds. The highest BCUT2D eigenvalue weighted by Crippen LogP contribution is 2.52. The second kappa shape index (κ2) is 7.90. The Bertz CT molecular complexity index is 814. The zero-order valence-electron chi connectivity index (χ0n) is 14.8. The molecular weight excluding hydrogens is 480 g/mol. The zero-order chi connectivity index (χ0) is 19.9. The first-order chi connectivity index (χ1) is 12.7. The molecule has 3 aliphatic rings. The third kappa shape index (κ3) is 3.91.